The number of nitrogens with zero attached hydrogens (tertiary/aromatic N) is 1. The average Bonchev–Trinajstić information content (AvgIpc) is 2.61. The first-order chi connectivity index (χ1) is 6.65. The van der Waals surface area contributed by atoms with Crippen molar-refractivity contribution in [2.75, 3.05) is 0 Å². The Balaban J connectivity index is 2.28. The van der Waals surface area contributed by atoms with Crippen LogP contribution >= 0.6 is 23.1 Å². The van der Waals surface area contributed by atoms with Gasteiger partial charge in [0.25, 0.3) is 0 Å². The number of nitrogens with two attached hydrogens (primary N) is 1. The zero-order chi connectivity index (χ0) is 10.1. The Kier molecular flexibility index (Phi) is 2.43. The van der Waals surface area contributed by atoms with E-state index in [0.29, 0.717) is 5.84 Å². The van der Waals surface area contributed by atoms with E-state index in [4.69, 9.17) is 5.73 Å². The topological polar surface area (TPSA) is 55.5 Å². The average molecular weight is 224 g/mol. The molecule has 1 aromatic heterocycles. The van der Waals surface area contributed by atoms with Gasteiger partial charge in [0, 0.05) is 9.75 Å². The van der Waals surface area contributed by atoms with E-state index in [9.17, 15) is 4.79 Å². The molecule has 0 bridgehead atoms. The lowest BCUT2D eigenvalue weighted by atomic mass is 10.4. The Bertz CT molecular complexity index is 445. The van der Waals surface area contributed by atoms with E-state index in [1.807, 2.05) is 25.1 Å². The number of carbonyl (C=O) groups excluding carboxylic acids is 1. The number of aliphatic imine (C=N–C) groups is 1. The summed E-state index contributed by atoms with van der Waals surface area (Å²) in [6.07, 6.45) is 1.89. The lowest BCUT2D eigenvalue weighted by molar-refractivity contribution is 0.268. The molecule has 0 atom stereocenters. The molecule has 1 aromatic rings. The molecule has 14 heavy (non-hydrogen) atoms. The van der Waals surface area contributed by atoms with Crippen LogP contribution in [0.3, 0.4) is 0 Å². The largest absolute Gasteiger partial charge is 0.383 e. The molecule has 2 rings (SSSR count). The summed E-state index contributed by atoms with van der Waals surface area (Å²) in [5.74, 6) is 0.325. The van der Waals surface area contributed by atoms with Crippen molar-refractivity contribution in [2.45, 2.75) is 6.92 Å². The van der Waals surface area contributed by atoms with Crippen molar-refractivity contribution in [1.82, 2.24) is 0 Å². The van der Waals surface area contributed by atoms with Crippen LogP contribution in [0.4, 0.5) is 4.79 Å². The van der Waals surface area contributed by atoms with Crippen molar-refractivity contribution >= 4 is 40.2 Å². The molecular formula is C9H8N2OS2. The molecule has 0 radical (unpaired) electrons. The lowest BCUT2D eigenvalue weighted by Gasteiger charge is -1.92. The van der Waals surface area contributed by atoms with Gasteiger partial charge in [0.05, 0.1) is 4.91 Å². The van der Waals surface area contributed by atoms with E-state index in [1.165, 1.54) is 4.88 Å². The second kappa shape index (κ2) is 3.59. The van der Waals surface area contributed by atoms with Crippen LogP contribution in [0.1, 0.15) is 9.75 Å². The van der Waals surface area contributed by atoms with Gasteiger partial charge in [0.1, 0.15) is 5.84 Å². The van der Waals surface area contributed by atoms with Crippen LogP contribution in [0.5, 0.6) is 0 Å². The molecule has 1 aliphatic rings. The van der Waals surface area contributed by atoms with Crippen molar-refractivity contribution in [3.63, 3.8) is 0 Å². The number of thioether (sulfide) groups is 1. The van der Waals surface area contributed by atoms with Gasteiger partial charge in [-0.25, -0.2) is 0 Å². The minimum Gasteiger partial charge on any atom is -0.383 e. The Labute approximate surface area is 89.7 Å². The van der Waals surface area contributed by atoms with Gasteiger partial charge >= 0.3 is 5.24 Å². The van der Waals surface area contributed by atoms with E-state index in [2.05, 4.69) is 4.99 Å². The number of hydrogen-bond donors (Lipinski definition) is 1. The molecule has 0 spiro atoms. The zero-order valence-electron chi connectivity index (χ0n) is 7.48. The van der Waals surface area contributed by atoms with Crippen LogP contribution in [0.25, 0.3) is 6.08 Å². The van der Waals surface area contributed by atoms with Gasteiger partial charge in [-0.1, -0.05) is 0 Å². The van der Waals surface area contributed by atoms with Crippen molar-refractivity contribution in [3.8, 4) is 0 Å². The molecule has 3 nitrogen and oxygen atoms in total. The fourth-order valence-electron chi connectivity index (χ4n) is 1.09. The first-order valence-corrected chi connectivity index (χ1v) is 5.63. The summed E-state index contributed by atoms with van der Waals surface area (Å²) >= 11 is 2.74. The fourth-order valence-corrected chi connectivity index (χ4v) is 2.65. The molecule has 0 fully saturated rings. The van der Waals surface area contributed by atoms with E-state index < -0.39 is 0 Å². The number of hydrogen-bond acceptors (Lipinski definition) is 4. The summed E-state index contributed by atoms with van der Waals surface area (Å²) in [7, 11) is 0. The SMILES string of the molecule is Cc1ccc(/C=C2\SC(=O)N=C2N)s1. The molecule has 2 N–H and O–H groups in total. The van der Waals surface area contributed by atoms with E-state index in [1.54, 1.807) is 11.3 Å². The van der Waals surface area contributed by atoms with Crippen LogP contribution in [0, 0.1) is 6.92 Å². The molecule has 1 aliphatic heterocycles. The van der Waals surface area contributed by atoms with Crippen LogP contribution in [0.2, 0.25) is 0 Å². The maximum Gasteiger partial charge on any atom is 0.311 e. The van der Waals surface area contributed by atoms with E-state index in [-0.39, 0.29) is 5.24 Å². The van der Waals surface area contributed by atoms with Crippen LogP contribution in [0.15, 0.2) is 22.0 Å². The van der Waals surface area contributed by atoms with Gasteiger partial charge in [-0.05, 0) is 36.9 Å². The van der Waals surface area contributed by atoms with Crippen LogP contribution in [-0.2, 0) is 0 Å². The van der Waals surface area contributed by atoms with Crippen molar-refractivity contribution < 1.29 is 4.79 Å². The highest BCUT2D eigenvalue weighted by atomic mass is 32.2. The molecule has 0 aromatic carbocycles. The van der Waals surface area contributed by atoms with Crippen molar-refractivity contribution in [2.24, 2.45) is 10.7 Å². The highest BCUT2D eigenvalue weighted by molar-refractivity contribution is 8.18. The summed E-state index contributed by atoms with van der Waals surface area (Å²) in [5.41, 5.74) is 5.57. The summed E-state index contributed by atoms with van der Waals surface area (Å²) < 4.78 is 0. The third kappa shape index (κ3) is 1.88. The smallest absolute Gasteiger partial charge is 0.311 e. The molecule has 0 saturated carbocycles. The Hall–Kier alpha value is -1.07. The Morgan fingerprint density at radius 1 is 1.50 bits per heavy atom. The summed E-state index contributed by atoms with van der Waals surface area (Å²) in [6.45, 7) is 2.04. The minimum absolute atomic E-state index is 0.234. The Morgan fingerprint density at radius 2 is 2.29 bits per heavy atom. The molecule has 0 aliphatic carbocycles. The second-order valence-electron chi connectivity index (χ2n) is 2.82. The quantitative estimate of drug-likeness (QED) is 0.797. The third-order valence-corrected chi connectivity index (χ3v) is 3.46. The van der Waals surface area contributed by atoms with Crippen molar-refractivity contribution in [3.05, 3.63) is 26.8 Å². The van der Waals surface area contributed by atoms with Gasteiger partial charge in [0.15, 0.2) is 0 Å². The standard InChI is InChI=1S/C9H8N2OS2/c1-5-2-3-6(13-5)4-7-8(10)11-9(12)14-7/h2-4H,1H3,(H2,10,11,12)/b7-4-. The Morgan fingerprint density at radius 3 is 2.79 bits per heavy atom. The first-order valence-electron chi connectivity index (χ1n) is 3.99. The van der Waals surface area contributed by atoms with E-state index in [0.717, 1.165) is 21.5 Å². The molecule has 0 saturated heterocycles. The molecule has 1 amide bonds. The summed E-state index contributed by atoms with van der Waals surface area (Å²) in [4.78, 5) is 17.6. The molecule has 5 heteroatoms. The zero-order valence-corrected chi connectivity index (χ0v) is 9.11. The third-order valence-electron chi connectivity index (χ3n) is 1.70. The molecular weight excluding hydrogens is 216 g/mol. The molecule has 72 valence electrons. The molecule has 0 unspecified atom stereocenters. The minimum atomic E-state index is -0.234. The van der Waals surface area contributed by atoms with Gasteiger partial charge in [-0.2, -0.15) is 4.99 Å². The van der Waals surface area contributed by atoms with E-state index >= 15 is 0 Å². The fraction of sp³-hybridized carbons (Fsp3) is 0.111. The van der Waals surface area contributed by atoms with Gasteiger partial charge < -0.3 is 5.73 Å². The number of amides is 1. The number of thiophene rings is 1. The number of aryl methyl sites for hydroxylation is 1. The van der Waals surface area contributed by atoms with Crippen LogP contribution < -0.4 is 5.73 Å². The predicted octanol–water partition coefficient (Wildman–Crippen LogP) is 2.62. The maximum atomic E-state index is 10.9. The number of carbonyl (C=O) groups is 1. The highest BCUT2D eigenvalue weighted by Crippen LogP contribution is 2.29. The molecule has 2 heterocycles. The van der Waals surface area contributed by atoms with Gasteiger partial charge in [0.2, 0.25) is 0 Å². The number of rotatable bonds is 1. The first kappa shape index (κ1) is 9.48. The van der Waals surface area contributed by atoms with Gasteiger partial charge in [-0.3, -0.25) is 4.79 Å². The highest BCUT2D eigenvalue weighted by Gasteiger charge is 2.18. The maximum absolute atomic E-state index is 10.9. The number of amidine groups is 1. The summed E-state index contributed by atoms with van der Waals surface area (Å²) in [6, 6.07) is 4.04. The van der Waals surface area contributed by atoms with Crippen molar-refractivity contribution in [1.29, 1.82) is 0 Å². The normalized spacial score (nSPS) is 19.1. The second-order valence-corrected chi connectivity index (χ2v) is 5.13. The van der Waals surface area contributed by atoms with Gasteiger partial charge in [-0.15, -0.1) is 11.3 Å². The monoisotopic (exact) mass is 224 g/mol. The summed E-state index contributed by atoms with van der Waals surface area (Å²) in [5, 5.41) is -0.234. The van der Waals surface area contributed by atoms with Crippen LogP contribution in [-0.4, -0.2) is 11.1 Å². The lowest BCUT2D eigenvalue weighted by Crippen LogP contribution is -2.08. The predicted molar refractivity (Wildman–Crippen MR) is 61.6 cm³/mol.